The van der Waals surface area contributed by atoms with Gasteiger partial charge in [0.15, 0.2) is 0 Å². The monoisotopic (exact) mass is 264 g/mol. The molecular formula is C14H24N4O. The van der Waals surface area contributed by atoms with Gasteiger partial charge in [-0.25, -0.2) is 4.98 Å². The third-order valence-electron chi connectivity index (χ3n) is 2.68. The van der Waals surface area contributed by atoms with E-state index in [-0.39, 0.29) is 5.91 Å². The molecule has 0 aliphatic carbocycles. The number of hydrogen-bond donors (Lipinski definition) is 1. The van der Waals surface area contributed by atoms with Crippen molar-refractivity contribution in [3.05, 3.63) is 23.9 Å². The molecule has 0 spiro atoms. The normalized spacial score (nSPS) is 11.1. The number of likely N-dealkylation sites (N-methyl/N-ethyl adjacent to an activating group) is 1. The van der Waals surface area contributed by atoms with Crippen molar-refractivity contribution in [2.24, 2.45) is 5.92 Å². The van der Waals surface area contributed by atoms with Gasteiger partial charge in [-0.3, -0.25) is 4.79 Å². The number of rotatable bonds is 6. The highest BCUT2D eigenvalue weighted by Gasteiger charge is 2.18. The van der Waals surface area contributed by atoms with Gasteiger partial charge in [0, 0.05) is 19.6 Å². The molecule has 1 aromatic heterocycles. The number of amides is 1. The van der Waals surface area contributed by atoms with Crippen LogP contribution in [0, 0.1) is 5.92 Å². The van der Waals surface area contributed by atoms with Crippen LogP contribution in [0.3, 0.4) is 0 Å². The van der Waals surface area contributed by atoms with Gasteiger partial charge in [0.1, 0.15) is 11.5 Å². The fourth-order valence-electron chi connectivity index (χ4n) is 1.77. The SMILES string of the molecule is CC(C)CN(CCN(C)C)C(=O)c1cccc(N)n1. The van der Waals surface area contributed by atoms with Crippen LogP contribution in [0.5, 0.6) is 0 Å². The lowest BCUT2D eigenvalue weighted by molar-refractivity contribution is 0.0719. The Labute approximate surface area is 115 Å². The van der Waals surface area contributed by atoms with E-state index < -0.39 is 0 Å². The third kappa shape index (κ3) is 5.26. The van der Waals surface area contributed by atoms with Crippen LogP contribution in [0.4, 0.5) is 5.82 Å². The molecule has 0 saturated carbocycles. The first-order valence-corrected chi connectivity index (χ1v) is 6.56. The summed E-state index contributed by atoms with van der Waals surface area (Å²) in [6, 6.07) is 5.15. The summed E-state index contributed by atoms with van der Waals surface area (Å²) in [6.07, 6.45) is 0. The largest absolute Gasteiger partial charge is 0.384 e. The Morgan fingerprint density at radius 1 is 1.32 bits per heavy atom. The molecule has 0 aliphatic rings. The summed E-state index contributed by atoms with van der Waals surface area (Å²) in [6.45, 7) is 6.45. The van der Waals surface area contributed by atoms with Crippen molar-refractivity contribution in [2.45, 2.75) is 13.8 Å². The van der Waals surface area contributed by atoms with E-state index in [9.17, 15) is 4.79 Å². The third-order valence-corrected chi connectivity index (χ3v) is 2.68. The highest BCUT2D eigenvalue weighted by atomic mass is 16.2. The molecule has 2 N–H and O–H groups in total. The predicted octanol–water partition coefficient (Wildman–Crippen LogP) is 1.32. The van der Waals surface area contributed by atoms with E-state index in [1.807, 2.05) is 19.0 Å². The van der Waals surface area contributed by atoms with E-state index in [0.29, 0.717) is 24.0 Å². The fourth-order valence-corrected chi connectivity index (χ4v) is 1.77. The topological polar surface area (TPSA) is 62.5 Å². The Kier molecular flexibility index (Phi) is 5.76. The molecule has 0 aromatic carbocycles. The zero-order chi connectivity index (χ0) is 14.4. The molecule has 1 aromatic rings. The van der Waals surface area contributed by atoms with Crippen molar-refractivity contribution in [1.82, 2.24) is 14.8 Å². The van der Waals surface area contributed by atoms with Gasteiger partial charge in [-0.2, -0.15) is 0 Å². The summed E-state index contributed by atoms with van der Waals surface area (Å²) >= 11 is 0. The Balaban J connectivity index is 2.81. The van der Waals surface area contributed by atoms with E-state index >= 15 is 0 Å². The first-order valence-electron chi connectivity index (χ1n) is 6.56. The molecule has 0 unspecified atom stereocenters. The average Bonchev–Trinajstić information content (AvgIpc) is 2.33. The molecule has 0 aliphatic heterocycles. The molecule has 1 amide bonds. The van der Waals surface area contributed by atoms with Crippen molar-refractivity contribution in [3.8, 4) is 0 Å². The Hall–Kier alpha value is -1.62. The summed E-state index contributed by atoms with van der Waals surface area (Å²) in [5, 5.41) is 0. The standard InChI is InChI=1S/C14H24N4O/c1-11(2)10-18(9-8-17(3)4)14(19)12-6-5-7-13(15)16-12/h5-7,11H,8-10H2,1-4H3,(H2,15,16). The maximum atomic E-state index is 12.4. The van der Waals surface area contributed by atoms with Gasteiger partial charge in [-0.05, 0) is 32.1 Å². The van der Waals surface area contributed by atoms with Gasteiger partial charge < -0.3 is 15.5 Å². The summed E-state index contributed by atoms with van der Waals surface area (Å²) in [5.74, 6) is 0.748. The van der Waals surface area contributed by atoms with Crippen LogP contribution in [0.15, 0.2) is 18.2 Å². The van der Waals surface area contributed by atoms with E-state index in [4.69, 9.17) is 5.73 Å². The van der Waals surface area contributed by atoms with Crippen LogP contribution in [-0.4, -0.2) is 54.4 Å². The lowest BCUT2D eigenvalue weighted by Gasteiger charge is -2.25. The summed E-state index contributed by atoms with van der Waals surface area (Å²) in [4.78, 5) is 20.4. The number of carbonyl (C=O) groups is 1. The predicted molar refractivity (Wildman–Crippen MR) is 77.9 cm³/mol. The van der Waals surface area contributed by atoms with E-state index in [1.165, 1.54) is 0 Å². The minimum atomic E-state index is -0.0529. The zero-order valence-corrected chi connectivity index (χ0v) is 12.3. The van der Waals surface area contributed by atoms with Crippen LogP contribution >= 0.6 is 0 Å². The Morgan fingerprint density at radius 2 is 2.00 bits per heavy atom. The molecule has 1 rings (SSSR count). The number of anilines is 1. The lowest BCUT2D eigenvalue weighted by Crippen LogP contribution is -2.39. The number of pyridine rings is 1. The number of hydrogen-bond acceptors (Lipinski definition) is 4. The van der Waals surface area contributed by atoms with E-state index in [2.05, 4.69) is 23.7 Å². The summed E-state index contributed by atoms with van der Waals surface area (Å²) in [5.41, 5.74) is 6.05. The summed E-state index contributed by atoms with van der Waals surface area (Å²) in [7, 11) is 3.99. The van der Waals surface area contributed by atoms with Crippen LogP contribution in [0.25, 0.3) is 0 Å². The van der Waals surface area contributed by atoms with Crippen LogP contribution in [0.2, 0.25) is 0 Å². The highest BCUT2D eigenvalue weighted by molar-refractivity contribution is 5.92. The maximum absolute atomic E-state index is 12.4. The molecule has 0 atom stereocenters. The Morgan fingerprint density at radius 3 is 2.53 bits per heavy atom. The highest BCUT2D eigenvalue weighted by Crippen LogP contribution is 2.07. The van der Waals surface area contributed by atoms with Gasteiger partial charge in [0.25, 0.3) is 5.91 Å². The molecule has 1 heterocycles. The molecule has 0 radical (unpaired) electrons. The number of nitrogens with two attached hydrogens (primary N) is 1. The summed E-state index contributed by atoms with van der Waals surface area (Å²) < 4.78 is 0. The second kappa shape index (κ2) is 7.09. The molecule has 5 nitrogen and oxygen atoms in total. The number of carbonyl (C=O) groups excluding carboxylic acids is 1. The molecule has 0 saturated heterocycles. The smallest absolute Gasteiger partial charge is 0.272 e. The molecule has 106 valence electrons. The van der Waals surface area contributed by atoms with Crippen molar-refractivity contribution >= 4 is 11.7 Å². The molecule has 19 heavy (non-hydrogen) atoms. The van der Waals surface area contributed by atoms with Gasteiger partial charge >= 0.3 is 0 Å². The van der Waals surface area contributed by atoms with Crippen molar-refractivity contribution in [2.75, 3.05) is 39.5 Å². The zero-order valence-electron chi connectivity index (χ0n) is 12.3. The van der Waals surface area contributed by atoms with Crippen molar-refractivity contribution in [1.29, 1.82) is 0 Å². The Bertz CT molecular complexity index is 418. The second-order valence-electron chi connectivity index (χ2n) is 5.40. The lowest BCUT2D eigenvalue weighted by atomic mass is 10.2. The minimum Gasteiger partial charge on any atom is -0.384 e. The molecular weight excluding hydrogens is 240 g/mol. The number of nitrogens with zero attached hydrogens (tertiary/aromatic N) is 3. The van der Waals surface area contributed by atoms with Crippen LogP contribution in [-0.2, 0) is 0 Å². The second-order valence-corrected chi connectivity index (χ2v) is 5.40. The van der Waals surface area contributed by atoms with E-state index in [0.717, 1.165) is 13.1 Å². The first kappa shape index (κ1) is 15.4. The van der Waals surface area contributed by atoms with Crippen LogP contribution < -0.4 is 5.73 Å². The van der Waals surface area contributed by atoms with Gasteiger partial charge in [-0.1, -0.05) is 19.9 Å². The average molecular weight is 264 g/mol. The fraction of sp³-hybridized carbons (Fsp3) is 0.571. The van der Waals surface area contributed by atoms with Gasteiger partial charge in [0.05, 0.1) is 0 Å². The van der Waals surface area contributed by atoms with Crippen molar-refractivity contribution < 1.29 is 4.79 Å². The number of aromatic nitrogens is 1. The maximum Gasteiger partial charge on any atom is 0.272 e. The number of nitrogen functional groups attached to an aromatic ring is 1. The van der Waals surface area contributed by atoms with Gasteiger partial charge in [-0.15, -0.1) is 0 Å². The minimum absolute atomic E-state index is 0.0529. The molecule has 0 fully saturated rings. The quantitative estimate of drug-likeness (QED) is 0.842. The van der Waals surface area contributed by atoms with Crippen molar-refractivity contribution in [3.63, 3.8) is 0 Å². The molecule has 5 heteroatoms. The van der Waals surface area contributed by atoms with Crippen LogP contribution in [0.1, 0.15) is 24.3 Å². The van der Waals surface area contributed by atoms with Gasteiger partial charge in [0.2, 0.25) is 0 Å². The van der Waals surface area contributed by atoms with E-state index in [1.54, 1.807) is 18.2 Å². The first-order chi connectivity index (χ1) is 8.90. The molecule has 0 bridgehead atoms.